The maximum absolute atomic E-state index is 12.5. The molecule has 1 amide bonds. The van der Waals surface area contributed by atoms with Crippen LogP contribution in [0.1, 0.15) is 17.5 Å². The Balaban J connectivity index is 1.53. The van der Waals surface area contributed by atoms with Gasteiger partial charge in [-0.05, 0) is 54.3 Å². The number of hydrogen-bond acceptors (Lipinski definition) is 5. The summed E-state index contributed by atoms with van der Waals surface area (Å²) >= 11 is 0. The van der Waals surface area contributed by atoms with E-state index in [9.17, 15) is 13.2 Å². The van der Waals surface area contributed by atoms with Crippen molar-refractivity contribution < 1.29 is 22.7 Å². The van der Waals surface area contributed by atoms with Crippen molar-refractivity contribution in [1.29, 1.82) is 0 Å². The molecule has 0 fully saturated rings. The normalized spacial score (nSPS) is 11.0. The topological polar surface area (TPSA) is 84.9 Å². The summed E-state index contributed by atoms with van der Waals surface area (Å²) in [4.78, 5) is 12.5. The van der Waals surface area contributed by atoms with Crippen molar-refractivity contribution in [2.45, 2.75) is 19.4 Å². The Hall–Kier alpha value is -3.52. The van der Waals surface area contributed by atoms with E-state index in [1.807, 2.05) is 54.6 Å². The highest BCUT2D eigenvalue weighted by molar-refractivity contribution is 7.92. The zero-order valence-electron chi connectivity index (χ0n) is 19.4. The summed E-state index contributed by atoms with van der Waals surface area (Å²) in [6, 6.07) is 24.2. The predicted molar refractivity (Wildman–Crippen MR) is 134 cm³/mol. The van der Waals surface area contributed by atoms with Gasteiger partial charge in [0.15, 0.2) is 0 Å². The number of aryl methyl sites for hydroxylation is 1. The van der Waals surface area contributed by atoms with Crippen LogP contribution in [0.15, 0.2) is 78.9 Å². The van der Waals surface area contributed by atoms with Crippen LogP contribution in [0.5, 0.6) is 11.5 Å². The maximum atomic E-state index is 12.5. The fourth-order valence-electron chi connectivity index (χ4n) is 3.45. The maximum Gasteiger partial charge on any atom is 0.240 e. The van der Waals surface area contributed by atoms with Gasteiger partial charge >= 0.3 is 0 Å². The molecule has 7 nitrogen and oxygen atoms in total. The van der Waals surface area contributed by atoms with Gasteiger partial charge < -0.3 is 14.8 Å². The fraction of sp³-hybridized carbons (Fsp3) is 0.269. The van der Waals surface area contributed by atoms with Gasteiger partial charge in [-0.2, -0.15) is 0 Å². The highest BCUT2D eigenvalue weighted by atomic mass is 32.2. The number of benzene rings is 3. The molecule has 0 aromatic heterocycles. The summed E-state index contributed by atoms with van der Waals surface area (Å²) in [6.45, 7) is 0.547. The number of ether oxygens (including phenoxy) is 2. The van der Waals surface area contributed by atoms with Gasteiger partial charge in [-0.25, -0.2) is 8.42 Å². The Kier molecular flexibility index (Phi) is 8.93. The van der Waals surface area contributed by atoms with Crippen LogP contribution in [-0.4, -0.2) is 40.8 Å². The van der Waals surface area contributed by atoms with Gasteiger partial charge in [-0.3, -0.25) is 9.10 Å². The first kappa shape index (κ1) is 25.1. The van der Waals surface area contributed by atoms with Crippen LogP contribution in [0.4, 0.5) is 5.69 Å². The Labute approximate surface area is 201 Å². The van der Waals surface area contributed by atoms with Crippen LogP contribution in [0.25, 0.3) is 0 Å². The van der Waals surface area contributed by atoms with Gasteiger partial charge in [-0.15, -0.1) is 0 Å². The summed E-state index contributed by atoms with van der Waals surface area (Å²) in [5, 5.41) is 2.80. The van der Waals surface area contributed by atoms with Gasteiger partial charge in [0.05, 0.1) is 19.1 Å². The lowest BCUT2D eigenvalue weighted by Crippen LogP contribution is -2.40. The molecular weight excluding hydrogens is 452 g/mol. The molecule has 3 aromatic rings. The zero-order chi connectivity index (χ0) is 24.4. The number of sulfonamides is 1. The first-order valence-electron chi connectivity index (χ1n) is 11.0. The molecule has 0 saturated heterocycles. The monoisotopic (exact) mass is 482 g/mol. The molecule has 34 heavy (non-hydrogen) atoms. The van der Waals surface area contributed by atoms with Crippen molar-refractivity contribution in [3.8, 4) is 11.5 Å². The van der Waals surface area contributed by atoms with Crippen LogP contribution >= 0.6 is 0 Å². The van der Waals surface area contributed by atoms with E-state index in [4.69, 9.17) is 9.47 Å². The van der Waals surface area contributed by atoms with Gasteiger partial charge in [0, 0.05) is 6.54 Å². The molecule has 8 heteroatoms. The number of carbonyl (C=O) groups is 1. The summed E-state index contributed by atoms with van der Waals surface area (Å²) in [5.74, 6) is 1.06. The molecule has 0 heterocycles. The molecule has 180 valence electrons. The fourth-order valence-corrected chi connectivity index (χ4v) is 4.31. The molecule has 0 atom stereocenters. The van der Waals surface area contributed by atoms with Crippen molar-refractivity contribution in [2.75, 3.05) is 30.8 Å². The number of anilines is 1. The van der Waals surface area contributed by atoms with Crippen molar-refractivity contribution >= 4 is 21.6 Å². The Morgan fingerprint density at radius 2 is 1.62 bits per heavy atom. The van der Waals surface area contributed by atoms with Crippen molar-refractivity contribution in [2.24, 2.45) is 0 Å². The van der Waals surface area contributed by atoms with E-state index in [2.05, 4.69) is 5.32 Å². The lowest BCUT2D eigenvalue weighted by Gasteiger charge is -2.22. The van der Waals surface area contributed by atoms with Crippen LogP contribution in [0.3, 0.4) is 0 Å². The van der Waals surface area contributed by atoms with Crippen LogP contribution in [-0.2, 0) is 27.8 Å². The summed E-state index contributed by atoms with van der Waals surface area (Å²) in [7, 11) is -2.02. The van der Waals surface area contributed by atoms with Crippen LogP contribution in [0, 0.1) is 0 Å². The smallest absolute Gasteiger partial charge is 0.240 e. The van der Waals surface area contributed by atoms with Gasteiger partial charge in [0.25, 0.3) is 0 Å². The van der Waals surface area contributed by atoms with E-state index < -0.39 is 10.0 Å². The third-order valence-corrected chi connectivity index (χ3v) is 6.34. The SMILES string of the molecule is COc1ccccc1CCCNC(=O)CN(c1ccc(OCc2ccccc2)cc1)S(C)(=O)=O. The number of methoxy groups -OCH3 is 1. The number of rotatable bonds is 12. The molecule has 0 aliphatic heterocycles. The number of amides is 1. The molecule has 0 radical (unpaired) electrons. The number of carbonyl (C=O) groups excluding carboxylic acids is 1. The molecule has 0 aliphatic carbocycles. The van der Waals surface area contributed by atoms with Crippen LogP contribution in [0.2, 0.25) is 0 Å². The number of para-hydroxylation sites is 1. The molecule has 1 N–H and O–H groups in total. The molecular formula is C26H30N2O5S. The molecule has 3 rings (SSSR count). The Morgan fingerprint density at radius 3 is 2.29 bits per heavy atom. The quantitative estimate of drug-likeness (QED) is 0.397. The average molecular weight is 483 g/mol. The molecule has 0 saturated carbocycles. The first-order valence-corrected chi connectivity index (χ1v) is 12.8. The largest absolute Gasteiger partial charge is 0.496 e. The van der Waals surface area contributed by atoms with E-state index in [0.717, 1.165) is 33.9 Å². The van der Waals surface area contributed by atoms with Crippen molar-refractivity contribution in [1.82, 2.24) is 5.32 Å². The van der Waals surface area contributed by atoms with E-state index in [0.29, 0.717) is 31.0 Å². The lowest BCUT2D eigenvalue weighted by atomic mass is 10.1. The Bertz CT molecular complexity index is 1170. The number of nitrogens with one attached hydrogen (secondary N) is 1. The van der Waals surface area contributed by atoms with E-state index in [-0.39, 0.29) is 12.5 Å². The number of nitrogens with zero attached hydrogens (tertiary/aromatic N) is 1. The summed E-state index contributed by atoms with van der Waals surface area (Å²) < 4.78 is 36.9. The van der Waals surface area contributed by atoms with Crippen LogP contribution < -0.4 is 19.1 Å². The summed E-state index contributed by atoms with van der Waals surface area (Å²) in [6.07, 6.45) is 2.53. The van der Waals surface area contributed by atoms with Crippen molar-refractivity contribution in [3.05, 3.63) is 90.0 Å². The third-order valence-electron chi connectivity index (χ3n) is 5.20. The second-order valence-electron chi connectivity index (χ2n) is 7.80. The van der Waals surface area contributed by atoms with Gasteiger partial charge in [-0.1, -0.05) is 48.5 Å². The third kappa shape index (κ3) is 7.52. The first-order chi connectivity index (χ1) is 16.4. The van der Waals surface area contributed by atoms with Gasteiger partial charge in [0.1, 0.15) is 24.7 Å². The molecule has 0 bridgehead atoms. The highest BCUT2D eigenvalue weighted by Crippen LogP contribution is 2.22. The highest BCUT2D eigenvalue weighted by Gasteiger charge is 2.20. The molecule has 0 spiro atoms. The minimum Gasteiger partial charge on any atom is -0.496 e. The number of hydrogen-bond donors (Lipinski definition) is 1. The predicted octanol–water partition coefficient (Wildman–Crippen LogP) is 3.79. The lowest BCUT2D eigenvalue weighted by molar-refractivity contribution is -0.119. The van der Waals surface area contributed by atoms with E-state index in [1.54, 1.807) is 31.4 Å². The minimum absolute atomic E-state index is 0.294. The Morgan fingerprint density at radius 1 is 0.941 bits per heavy atom. The van der Waals surface area contributed by atoms with Gasteiger partial charge in [0.2, 0.25) is 15.9 Å². The summed E-state index contributed by atoms with van der Waals surface area (Å²) in [5.41, 5.74) is 2.50. The van der Waals surface area contributed by atoms with Crippen molar-refractivity contribution in [3.63, 3.8) is 0 Å². The molecule has 0 aliphatic rings. The van der Waals surface area contributed by atoms with E-state index >= 15 is 0 Å². The second kappa shape index (κ2) is 12.1. The standard InChI is InChI=1S/C26H30N2O5S/c1-32-25-13-7-6-11-22(25)12-8-18-27-26(29)19-28(34(2,30)31)23-14-16-24(17-15-23)33-20-21-9-4-3-5-10-21/h3-7,9-11,13-17H,8,12,18-20H2,1-2H3,(H,27,29). The minimum atomic E-state index is -3.65. The molecule has 0 unspecified atom stereocenters. The second-order valence-corrected chi connectivity index (χ2v) is 9.71. The molecule has 3 aromatic carbocycles. The van der Waals surface area contributed by atoms with E-state index in [1.165, 1.54) is 0 Å². The zero-order valence-corrected chi connectivity index (χ0v) is 20.3. The average Bonchev–Trinajstić information content (AvgIpc) is 2.84.